The van der Waals surface area contributed by atoms with Crippen LogP contribution in [-0.4, -0.2) is 22.5 Å². The molecule has 0 aliphatic carbocycles. The number of rotatable bonds is 4. The molecule has 0 N–H and O–H groups in total. The summed E-state index contributed by atoms with van der Waals surface area (Å²) in [6.45, 7) is 4.01. The number of aromatic nitrogens is 2. The maximum atomic E-state index is 12.4. The Morgan fingerprint density at radius 2 is 1.91 bits per heavy atom. The van der Waals surface area contributed by atoms with Gasteiger partial charge in [-0.05, 0) is 49.2 Å². The van der Waals surface area contributed by atoms with Crippen molar-refractivity contribution in [1.29, 1.82) is 0 Å². The molecule has 0 fully saturated rings. The molecule has 0 aliphatic rings. The van der Waals surface area contributed by atoms with Crippen molar-refractivity contribution in [2.45, 2.75) is 20.5 Å². The highest BCUT2D eigenvalue weighted by Gasteiger charge is 2.18. The van der Waals surface area contributed by atoms with Gasteiger partial charge in [-0.3, -0.25) is 4.40 Å². The van der Waals surface area contributed by atoms with Crippen LogP contribution in [-0.2, 0) is 11.3 Å². The molecule has 1 aromatic carbocycles. The van der Waals surface area contributed by atoms with Crippen LogP contribution >= 0.6 is 0 Å². The Morgan fingerprint density at radius 3 is 2.61 bits per heavy atom. The normalized spacial score (nSPS) is 10.7. The van der Waals surface area contributed by atoms with Crippen molar-refractivity contribution in [3.05, 3.63) is 65.1 Å². The van der Waals surface area contributed by atoms with Crippen molar-refractivity contribution in [3.63, 3.8) is 0 Å². The van der Waals surface area contributed by atoms with E-state index in [0.717, 1.165) is 22.5 Å². The minimum Gasteiger partial charge on any atom is -0.497 e. The maximum absolute atomic E-state index is 12.4. The molecular formula is C18H18N2O3. The molecule has 0 bridgehead atoms. The number of ether oxygens (including phenoxy) is 2. The Hall–Kier alpha value is -2.82. The number of nitrogens with zero attached hydrogens (tertiary/aromatic N) is 2. The molecule has 3 aromatic rings. The quantitative estimate of drug-likeness (QED) is 0.694. The van der Waals surface area contributed by atoms with Gasteiger partial charge in [0.25, 0.3) is 0 Å². The molecular weight excluding hydrogens is 292 g/mol. The van der Waals surface area contributed by atoms with Gasteiger partial charge in [0.1, 0.15) is 18.0 Å². The van der Waals surface area contributed by atoms with Gasteiger partial charge in [-0.2, -0.15) is 0 Å². The number of hydrogen-bond donors (Lipinski definition) is 0. The smallest absolute Gasteiger partial charge is 0.357 e. The number of esters is 1. The standard InChI is InChI=1S/C18H18N2O3/c1-12-8-9-20-16(10-12)19-13(2)17(20)18(21)23-11-14-4-6-15(22-3)7-5-14/h4-10H,11H2,1-3H3. The molecule has 0 unspecified atom stereocenters. The largest absolute Gasteiger partial charge is 0.497 e. The Labute approximate surface area is 134 Å². The van der Waals surface area contributed by atoms with E-state index in [2.05, 4.69) is 4.98 Å². The van der Waals surface area contributed by atoms with E-state index >= 15 is 0 Å². The molecule has 5 nitrogen and oxygen atoms in total. The van der Waals surface area contributed by atoms with Crippen molar-refractivity contribution in [2.75, 3.05) is 7.11 Å². The summed E-state index contributed by atoms with van der Waals surface area (Å²) in [4.78, 5) is 16.8. The van der Waals surface area contributed by atoms with Crippen molar-refractivity contribution in [3.8, 4) is 5.75 Å². The predicted octanol–water partition coefficient (Wildman–Crippen LogP) is 3.32. The molecule has 2 heterocycles. The number of imidazole rings is 1. The molecule has 0 aliphatic heterocycles. The summed E-state index contributed by atoms with van der Waals surface area (Å²) < 4.78 is 12.3. The first kappa shape index (κ1) is 15.1. The van der Waals surface area contributed by atoms with Crippen LogP contribution in [0, 0.1) is 13.8 Å². The van der Waals surface area contributed by atoms with E-state index in [-0.39, 0.29) is 12.6 Å². The highest BCUT2D eigenvalue weighted by atomic mass is 16.5. The van der Waals surface area contributed by atoms with Crippen LogP contribution in [0.25, 0.3) is 5.65 Å². The first-order valence-electron chi connectivity index (χ1n) is 7.34. The molecule has 0 atom stereocenters. The second-order valence-electron chi connectivity index (χ2n) is 5.40. The molecule has 0 saturated carbocycles. The second-order valence-corrected chi connectivity index (χ2v) is 5.40. The lowest BCUT2D eigenvalue weighted by molar-refractivity contribution is 0.0463. The van der Waals surface area contributed by atoms with Crippen LogP contribution < -0.4 is 4.74 Å². The van der Waals surface area contributed by atoms with Crippen LogP contribution in [0.5, 0.6) is 5.75 Å². The molecule has 118 valence electrons. The van der Waals surface area contributed by atoms with E-state index < -0.39 is 0 Å². The van der Waals surface area contributed by atoms with Gasteiger partial charge in [0.05, 0.1) is 12.8 Å². The van der Waals surface area contributed by atoms with Crippen molar-refractivity contribution in [1.82, 2.24) is 9.38 Å². The zero-order valence-corrected chi connectivity index (χ0v) is 13.4. The fourth-order valence-corrected chi connectivity index (χ4v) is 2.45. The Kier molecular flexibility index (Phi) is 4.02. The summed E-state index contributed by atoms with van der Waals surface area (Å²) in [5, 5.41) is 0. The van der Waals surface area contributed by atoms with Gasteiger partial charge in [0.2, 0.25) is 0 Å². The van der Waals surface area contributed by atoms with Gasteiger partial charge in [0.15, 0.2) is 5.69 Å². The molecule has 0 radical (unpaired) electrons. The highest BCUT2D eigenvalue weighted by molar-refractivity contribution is 5.90. The van der Waals surface area contributed by atoms with Gasteiger partial charge in [-0.1, -0.05) is 12.1 Å². The number of carbonyl (C=O) groups is 1. The number of pyridine rings is 1. The topological polar surface area (TPSA) is 52.8 Å². The van der Waals surface area contributed by atoms with E-state index in [1.807, 2.05) is 56.4 Å². The summed E-state index contributed by atoms with van der Waals surface area (Å²) in [6.07, 6.45) is 1.84. The lowest BCUT2D eigenvalue weighted by Crippen LogP contribution is -2.09. The van der Waals surface area contributed by atoms with E-state index in [1.54, 1.807) is 11.5 Å². The number of fused-ring (bicyclic) bond motifs is 1. The average molecular weight is 310 g/mol. The first-order valence-corrected chi connectivity index (χ1v) is 7.34. The number of hydrogen-bond acceptors (Lipinski definition) is 4. The molecule has 2 aromatic heterocycles. The highest BCUT2D eigenvalue weighted by Crippen LogP contribution is 2.16. The van der Waals surface area contributed by atoms with Gasteiger partial charge in [0, 0.05) is 6.20 Å². The number of methoxy groups -OCH3 is 1. The van der Waals surface area contributed by atoms with Crippen LogP contribution in [0.1, 0.15) is 27.3 Å². The fourth-order valence-electron chi connectivity index (χ4n) is 2.45. The van der Waals surface area contributed by atoms with E-state index in [9.17, 15) is 4.79 Å². The summed E-state index contributed by atoms with van der Waals surface area (Å²) in [6, 6.07) is 11.3. The minimum absolute atomic E-state index is 0.210. The monoisotopic (exact) mass is 310 g/mol. The number of aryl methyl sites for hydroxylation is 2. The number of benzene rings is 1. The van der Waals surface area contributed by atoms with E-state index in [1.165, 1.54) is 0 Å². The van der Waals surface area contributed by atoms with Crippen LogP contribution in [0.3, 0.4) is 0 Å². The van der Waals surface area contributed by atoms with Crippen LogP contribution in [0.2, 0.25) is 0 Å². The summed E-state index contributed by atoms with van der Waals surface area (Å²) in [5.74, 6) is 0.391. The van der Waals surface area contributed by atoms with Gasteiger partial charge >= 0.3 is 5.97 Å². The third-order valence-corrected chi connectivity index (χ3v) is 3.68. The molecule has 5 heteroatoms. The average Bonchev–Trinajstić information content (AvgIpc) is 2.88. The zero-order valence-electron chi connectivity index (χ0n) is 13.4. The maximum Gasteiger partial charge on any atom is 0.357 e. The van der Waals surface area contributed by atoms with Gasteiger partial charge < -0.3 is 9.47 Å². The van der Waals surface area contributed by atoms with Crippen molar-refractivity contribution < 1.29 is 14.3 Å². The predicted molar refractivity (Wildman–Crippen MR) is 86.8 cm³/mol. The summed E-state index contributed by atoms with van der Waals surface area (Å²) in [5.41, 5.74) is 3.88. The Balaban J connectivity index is 1.79. The Bertz CT molecular complexity index is 851. The summed E-state index contributed by atoms with van der Waals surface area (Å²) in [7, 11) is 1.62. The molecule has 0 spiro atoms. The number of carbonyl (C=O) groups excluding carboxylic acids is 1. The lowest BCUT2D eigenvalue weighted by atomic mass is 10.2. The SMILES string of the molecule is COc1ccc(COC(=O)c2c(C)nc3cc(C)ccn23)cc1. The molecule has 3 rings (SSSR count). The third-order valence-electron chi connectivity index (χ3n) is 3.68. The minimum atomic E-state index is -0.380. The first-order chi connectivity index (χ1) is 11.1. The van der Waals surface area contributed by atoms with Crippen molar-refractivity contribution in [2.24, 2.45) is 0 Å². The Morgan fingerprint density at radius 1 is 1.17 bits per heavy atom. The summed E-state index contributed by atoms with van der Waals surface area (Å²) >= 11 is 0. The molecule has 0 saturated heterocycles. The van der Waals surface area contributed by atoms with Crippen molar-refractivity contribution >= 4 is 11.6 Å². The fraction of sp³-hybridized carbons (Fsp3) is 0.222. The lowest BCUT2D eigenvalue weighted by Gasteiger charge is -2.07. The molecule has 0 amide bonds. The van der Waals surface area contributed by atoms with Crippen LogP contribution in [0.15, 0.2) is 42.6 Å². The second kappa shape index (κ2) is 6.12. The zero-order chi connectivity index (χ0) is 16.4. The van der Waals surface area contributed by atoms with Gasteiger partial charge in [-0.15, -0.1) is 0 Å². The van der Waals surface area contributed by atoms with Gasteiger partial charge in [-0.25, -0.2) is 9.78 Å². The van der Waals surface area contributed by atoms with E-state index in [0.29, 0.717) is 11.4 Å². The molecule has 23 heavy (non-hydrogen) atoms. The van der Waals surface area contributed by atoms with Crippen LogP contribution in [0.4, 0.5) is 0 Å². The third kappa shape index (κ3) is 3.04. The van der Waals surface area contributed by atoms with E-state index in [4.69, 9.17) is 9.47 Å².